The summed E-state index contributed by atoms with van der Waals surface area (Å²) < 4.78 is 27.9. The first kappa shape index (κ1) is 52.4. The second kappa shape index (κ2) is 22.2. The molecule has 7 atom stereocenters. The maximum Gasteiger partial charge on any atom is 0.329 e. The highest BCUT2D eigenvalue weighted by Gasteiger charge is 2.75. The summed E-state index contributed by atoms with van der Waals surface area (Å²) in [5, 5.41) is 15.5. The van der Waals surface area contributed by atoms with Gasteiger partial charge in [-0.25, -0.2) is 19.5 Å². The summed E-state index contributed by atoms with van der Waals surface area (Å²) in [6, 6.07) is 30.8. The van der Waals surface area contributed by atoms with Crippen LogP contribution in [-0.4, -0.2) is 103 Å². The number of ether oxygens (including phenoxy) is 5. The Kier molecular flexibility index (Phi) is 15.3. The zero-order valence-corrected chi connectivity index (χ0v) is 42.8. The van der Waals surface area contributed by atoms with Gasteiger partial charge in [0.1, 0.15) is 36.0 Å². The van der Waals surface area contributed by atoms with E-state index in [2.05, 4.69) is 22.5 Å². The predicted octanol–water partition coefficient (Wildman–Crippen LogP) is 6.58. The summed E-state index contributed by atoms with van der Waals surface area (Å²) in [6.07, 6.45) is -1.36. The number of carbonyl (C=O) groups excluding carboxylic acids is 7. The van der Waals surface area contributed by atoms with Crippen LogP contribution in [0.1, 0.15) is 66.3 Å². The van der Waals surface area contributed by atoms with Crippen molar-refractivity contribution in [2.45, 2.75) is 56.0 Å². The first-order valence-electron chi connectivity index (χ1n) is 24.4. The van der Waals surface area contributed by atoms with Crippen LogP contribution in [0.25, 0.3) is 10.2 Å². The summed E-state index contributed by atoms with van der Waals surface area (Å²) in [7, 11) is 3.43. The Balaban J connectivity index is 1.35. The van der Waals surface area contributed by atoms with Crippen molar-refractivity contribution in [3.8, 4) is 17.6 Å². The molecule has 5 aromatic carbocycles. The minimum absolute atomic E-state index is 0.00260. The summed E-state index contributed by atoms with van der Waals surface area (Å²) in [5.41, 5.74) is 0.316. The van der Waals surface area contributed by atoms with Gasteiger partial charge in [-0.15, -0.1) is 0 Å². The Hall–Kier alpha value is -8.44. The normalized spacial score (nSPS) is 21.0. The number of esters is 4. The lowest BCUT2D eigenvalue weighted by Gasteiger charge is -2.46. The molecule has 4 amide bonds. The molecule has 2 fully saturated rings. The van der Waals surface area contributed by atoms with Crippen molar-refractivity contribution in [1.29, 1.82) is 0 Å². The van der Waals surface area contributed by atoms with Crippen molar-refractivity contribution in [3.05, 3.63) is 155 Å². The fourth-order valence-corrected chi connectivity index (χ4v) is 11.5. The van der Waals surface area contributed by atoms with Gasteiger partial charge in [0.05, 0.1) is 61.8 Å². The van der Waals surface area contributed by atoms with Crippen LogP contribution in [0.15, 0.2) is 127 Å². The molecule has 4 heterocycles. The number of benzene rings is 5. The van der Waals surface area contributed by atoms with Gasteiger partial charge in [0.25, 0.3) is 0 Å². The highest BCUT2D eigenvalue weighted by molar-refractivity contribution is 7.22. The molecule has 18 nitrogen and oxygen atoms in total. The summed E-state index contributed by atoms with van der Waals surface area (Å²) in [5.74, 6) is -2.53. The lowest BCUT2D eigenvalue weighted by Crippen LogP contribution is -2.57. The molecule has 9 rings (SSSR count). The Labute approximate surface area is 441 Å². The van der Waals surface area contributed by atoms with Crippen LogP contribution >= 0.6 is 11.3 Å². The van der Waals surface area contributed by atoms with Gasteiger partial charge >= 0.3 is 29.9 Å². The fourth-order valence-electron chi connectivity index (χ4n) is 10.6. The van der Waals surface area contributed by atoms with Crippen molar-refractivity contribution in [1.82, 2.24) is 15.2 Å². The van der Waals surface area contributed by atoms with Crippen molar-refractivity contribution < 1.29 is 62.4 Å². The molecule has 6 aromatic rings. The number of aromatic nitrogens is 1. The van der Waals surface area contributed by atoms with E-state index in [0.29, 0.717) is 28.0 Å². The van der Waals surface area contributed by atoms with E-state index in [1.54, 1.807) is 56.3 Å². The van der Waals surface area contributed by atoms with E-state index in [4.69, 9.17) is 28.7 Å². The number of nitrogens with zero attached hydrogens (tertiary/aromatic N) is 3. The van der Waals surface area contributed by atoms with Gasteiger partial charge in [-0.05, 0) is 70.6 Å². The van der Waals surface area contributed by atoms with E-state index in [-0.39, 0.29) is 41.6 Å². The van der Waals surface area contributed by atoms with E-state index in [1.807, 2.05) is 77.7 Å². The number of hydrogen-bond donors (Lipinski definition) is 3. The van der Waals surface area contributed by atoms with Gasteiger partial charge in [-0.2, -0.15) is 0 Å². The van der Waals surface area contributed by atoms with Crippen molar-refractivity contribution >= 4 is 74.1 Å². The van der Waals surface area contributed by atoms with Gasteiger partial charge < -0.3 is 39.4 Å². The van der Waals surface area contributed by atoms with Crippen LogP contribution in [0.4, 0.5) is 15.6 Å². The number of para-hydroxylation sites is 1. The molecule has 19 heteroatoms. The monoisotopic (exact) mass is 1050 g/mol. The number of imide groups is 1. The molecule has 3 N–H and O–H groups in total. The zero-order chi connectivity index (χ0) is 53.8. The fraction of sp³-hybridized carbons (Fsp3) is 0.298. The molecule has 1 aromatic heterocycles. The molecule has 3 aliphatic heterocycles. The number of carbonyl (C=O) groups is 7. The predicted molar refractivity (Wildman–Crippen MR) is 277 cm³/mol. The number of rotatable bonds is 14. The van der Waals surface area contributed by atoms with Crippen LogP contribution in [0.5, 0.6) is 5.75 Å². The molecule has 0 bridgehead atoms. The van der Waals surface area contributed by atoms with Gasteiger partial charge in [-0.1, -0.05) is 122 Å². The van der Waals surface area contributed by atoms with Crippen LogP contribution in [0.2, 0.25) is 0 Å². The van der Waals surface area contributed by atoms with Gasteiger partial charge in [-0.3, -0.25) is 28.9 Å². The SMILES string of the molecule is COC(=O)C(CC#Cc1ccc2c(c1)[C@]1(C(=O)N2C(=O)N[C@H](C(=O)OC)C(C)C)[C@H](C(=O)Nc2nc3ccccc3s2)[C@H]2C(=O)O[C@H](c3ccccc3)[C@H](c3ccccc3)N2[C@@H]1c1ccc(OCCO)cc1)C(=O)OC. The molecule has 76 heavy (non-hydrogen) atoms. The number of aliphatic hydroxyl groups excluding tert-OH is 1. The van der Waals surface area contributed by atoms with E-state index < -0.39 is 95.2 Å². The third kappa shape index (κ3) is 9.50. The molecular formula is C57H53N5O13S. The van der Waals surface area contributed by atoms with Crippen molar-refractivity contribution in [3.63, 3.8) is 0 Å². The zero-order valence-electron chi connectivity index (χ0n) is 42.0. The highest BCUT2D eigenvalue weighted by atomic mass is 32.1. The molecular weight excluding hydrogens is 995 g/mol. The minimum Gasteiger partial charge on any atom is -0.491 e. The number of fused-ring (bicyclic) bond motifs is 4. The quantitative estimate of drug-likeness (QED) is 0.0453. The molecule has 0 unspecified atom stereocenters. The third-order valence-electron chi connectivity index (χ3n) is 13.9. The van der Waals surface area contributed by atoms with Crippen molar-refractivity contribution in [2.24, 2.45) is 17.8 Å². The average Bonchev–Trinajstić information content (AvgIpc) is 4.29. The smallest absolute Gasteiger partial charge is 0.329 e. The summed E-state index contributed by atoms with van der Waals surface area (Å²) in [4.78, 5) is 110. The Morgan fingerprint density at radius 2 is 1.43 bits per heavy atom. The maximum atomic E-state index is 16.8. The standard InChI is InChI=1S/C57H53N5O13S/c1-32(2)44(52(67)73-5)59-56(70)61-41-28-23-33(15-14-20-38(50(65)71-3)51(66)72-4)31-39(41)57(54(61)69)43(49(64)60-55-58-40-21-12-13-22-42(40)76-55)46-53(68)75-47(35-18-10-7-11-19-35)45(34-16-8-6-9-17-34)62(46)48(57)36-24-26-37(27-25-36)74-30-29-63/h6-13,16-19,21-28,31-32,38,43-48,63H,20,29-30H2,1-5H3,(H,59,70)(H,58,60,64)/t43-,44-,45-,46-,47+,48+,57-/m0/s1. The second-order valence-electron chi connectivity index (χ2n) is 18.6. The topological polar surface area (TPSA) is 229 Å². The molecule has 390 valence electrons. The van der Waals surface area contributed by atoms with Gasteiger partial charge in [0, 0.05) is 12.0 Å². The van der Waals surface area contributed by atoms with E-state index in [0.717, 1.165) is 23.8 Å². The van der Waals surface area contributed by atoms with Crippen LogP contribution in [0.3, 0.4) is 0 Å². The molecule has 1 spiro atoms. The van der Waals surface area contributed by atoms with Crippen molar-refractivity contribution in [2.75, 3.05) is 44.8 Å². The lowest BCUT2D eigenvalue weighted by molar-refractivity contribution is -0.178. The van der Waals surface area contributed by atoms with E-state index in [1.165, 1.54) is 30.6 Å². The number of amides is 4. The molecule has 0 aliphatic carbocycles. The Bertz CT molecular complexity index is 3220. The lowest BCUT2D eigenvalue weighted by atomic mass is 9.65. The summed E-state index contributed by atoms with van der Waals surface area (Å²) in [6.45, 7) is 3.08. The van der Waals surface area contributed by atoms with Gasteiger partial charge in [0.15, 0.2) is 11.0 Å². The largest absolute Gasteiger partial charge is 0.491 e. The molecule has 3 aliphatic rings. The number of aliphatic hydroxyl groups is 1. The molecule has 2 saturated heterocycles. The van der Waals surface area contributed by atoms with Gasteiger partial charge in [0.2, 0.25) is 11.8 Å². The number of hydrogen-bond acceptors (Lipinski definition) is 16. The number of anilines is 2. The number of morpholine rings is 1. The molecule has 0 radical (unpaired) electrons. The Morgan fingerprint density at radius 3 is 2.07 bits per heavy atom. The average molecular weight is 1050 g/mol. The first-order chi connectivity index (χ1) is 36.8. The number of nitrogens with one attached hydrogen (secondary N) is 2. The molecule has 0 saturated carbocycles. The maximum absolute atomic E-state index is 16.8. The number of urea groups is 1. The van der Waals surface area contributed by atoms with E-state index in [9.17, 15) is 19.5 Å². The third-order valence-corrected chi connectivity index (χ3v) is 14.9. The highest BCUT2D eigenvalue weighted by Crippen LogP contribution is 2.66. The summed E-state index contributed by atoms with van der Waals surface area (Å²) >= 11 is 1.18. The first-order valence-corrected chi connectivity index (χ1v) is 25.2. The number of cyclic esters (lactones) is 1. The van der Waals surface area contributed by atoms with Crippen LogP contribution in [0, 0.1) is 29.6 Å². The van der Waals surface area contributed by atoms with Crippen LogP contribution in [-0.2, 0) is 53.1 Å². The minimum atomic E-state index is -2.26. The number of thiazole rings is 1. The Morgan fingerprint density at radius 1 is 0.789 bits per heavy atom. The number of methoxy groups -OCH3 is 3. The van der Waals surface area contributed by atoms with Crippen LogP contribution < -0.4 is 20.3 Å². The second-order valence-corrected chi connectivity index (χ2v) is 19.6. The van der Waals surface area contributed by atoms with E-state index >= 15 is 19.2 Å².